The first kappa shape index (κ1) is 14.2. The molecule has 0 unspecified atom stereocenters. The van der Waals surface area contributed by atoms with E-state index >= 15 is 0 Å². The van der Waals surface area contributed by atoms with Gasteiger partial charge in [-0.15, -0.1) is 0 Å². The average Bonchev–Trinajstić information content (AvgIpc) is 2.55. The van der Waals surface area contributed by atoms with Crippen LogP contribution in [-0.2, 0) is 0 Å². The van der Waals surface area contributed by atoms with Gasteiger partial charge in [-0.3, -0.25) is 9.36 Å². The first-order chi connectivity index (χ1) is 10.6. The van der Waals surface area contributed by atoms with Gasteiger partial charge in [-0.1, -0.05) is 6.07 Å². The molecule has 0 fully saturated rings. The van der Waals surface area contributed by atoms with E-state index in [0.717, 1.165) is 0 Å². The van der Waals surface area contributed by atoms with Crippen LogP contribution in [-0.4, -0.2) is 21.6 Å². The molecule has 0 N–H and O–H groups in total. The first-order valence-corrected chi connectivity index (χ1v) is 6.77. The van der Waals surface area contributed by atoms with Crippen LogP contribution in [0.5, 0.6) is 5.75 Å². The molecule has 22 heavy (non-hydrogen) atoms. The summed E-state index contributed by atoms with van der Waals surface area (Å²) in [6, 6.07) is 7.64. The molecule has 1 aromatic carbocycles. The summed E-state index contributed by atoms with van der Waals surface area (Å²) in [6.45, 7) is 1.81. The molecule has 2 heterocycles. The van der Waals surface area contributed by atoms with E-state index < -0.39 is 5.82 Å². The van der Waals surface area contributed by atoms with Crippen LogP contribution < -0.4 is 10.3 Å². The molecule has 0 radical (unpaired) electrons. The lowest BCUT2D eigenvalue weighted by Crippen LogP contribution is -2.24. The van der Waals surface area contributed by atoms with Crippen LogP contribution in [0.15, 0.2) is 47.7 Å². The molecule has 0 spiro atoms. The predicted octanol–water partition coefficient (Wildman–Crippen LogP) is 2.55. The van der Waals surface area contributed by atoms with Crippen molar-refractivity contribution >= 4 is 11.0 Å². The molecule has 1 atom stereocenters. The van der Waals surface area contributed by atoms with Gasteiger partial charge in [0, 0.05) is 6.20 Å². The molecule has 0 saturated heterocycles. The molecular weight excluding hydrogens is 285 g/mol. The molecule has 3 rings (SSSR count). The number of hydrogen-bond acceptors (Lipinski definition) is 4. The number of ether oxygens (including phenoxy) is 1. The molecule has 0 aliphatic rings. The Kier molecular flexibility index (Phi) is 3.58. The molecule has 5 nitrogen and oxygen atoms in total. The van der Waals surface area contributed by atoms with Gasteiger partial charge in [0.25, 0.3) is 5.56 Å². The van der Waals surface area contributed by atoms with Crippen molar-refractivity contribution in [2.24, 2.45) is 0 Å². The van der Waals surface area contributed by atoms with Crippen molar-refractivity contribution in [1.29, 1.82) is 0 Å². The highest BCUT2D eigenvalue weighted by Crippen LogP contribution is 2.23. The molecule has 0 bridgehead atoms. The standard InChI is InChI=1S/C16H14FN3O2/c1-10(11-5-6-14(22-2)13(17)8-11)20-9-19-15-12(16(20)21)4-3-7-18-15/h3-10H,1-2H3/t10-/m0/s1. The van der Waals surface area contributed by atoms with Crippen molar-refractivity contribution in [3.63, 3.8) is 0 Å². The zero-order valence-electron chi connectivity index (χ0n) is 12.2. The Balaban J connectivity index is 2.09. The minimum absolute atomic E-state index is 0.170. The Bertz CT molecular complexity index is 892. The number of hydrogen-bond donors (Lipinski definition) is 0. The van der Waals surface area contributed by atoms with Crippen LogP contribution >= 0.6 is 0 Å². The lowest BCUT2D eigenvalue weighted by Gasteiger charge is -2.16. The summed E-state index contributed by atoms with van der Waals surface area (Å²) in [7, 11) is 1.41. The van der Waals surface area contributed by atoms with E-state index in [1.165, 1.54) is 24.1 Å². The SMILES string of the molecule is COc1ccc([C@H](C)n2cnc3ncccc3c2=O)cc1F. The van der Waals surface area contributed by atoms with Crippen molar-refractivity contribution in [3.8, 4) is 5.75 Å². The third-order valence-corrected chi connectivity index (χ3v) is 3.63. The van der Waals surface area contributed by atoms with Crippen molar-refractivity contribution in [2.75, 3.05) is 7.11 Å². The minimum atomic E-state index is -0.463. The fourth-order valence-corrected chi connectivity index (χ4v) is 2.35. The molecule has 0 amide bonds. The van der Waals surface area contributed by atoms with E-state index in [2.05, 4.69) is 9.97 Å². The predicted molar refractivity (Wildman–Crippen MR) is 80.6 cm³/mol. The number of pyridine rings is 1. The van der Waals surface area contributed by atoms with E-state index in [0.29, 0.717) is 16.6 Å². The number of aromatic nitrogens is 3. The van der Waals surface area contributed by atoms with Crippen molar-refractivity contribution in [3.05, 3.63) is 64.6 Å². The highest BCUT2D eigenvalue weighted by atomic mass is 19.1. The largest absolute Gasteiger partial charge is 0.494 e. The maximum absolute atomic E-state index is 13.8. The van der Waals surface area contributed by atoms with Gasteiger partial charge < -0.3 is 4.74 Å². The third-order valence-electron chi connectivity index (χ3n) is 3.63. The fraction of sp³-hybridized carbons (Fsp3) is 0.188. The summed E-state index contributed by atoms with van der Waals surface area (Å²) in [5.74, 6) is -0.292. The number of fused-ring (bicyclic) bond motifs is 1. The van der Waals surface area contributed by atoms with Gasteiger partial charge in [0.1, 0.15) is 6.33 Å². The minimum Gasteiger partial charge on any atom is -0.494 e. The van der Waals surface area contributed by atoms with E-state index in [-0.39, 0.29) is 17.4 Å². The van der Waals surface area contributed by atoms with Crippen LogP contribution in [0.1, 0.15) is 18.5 Å². The second-order valence-corrected chi connectivity index (χ2v) is 4.90. The maximum Gasteiger partial charge on any atom is 0.263 e. The molecule has 0 aliphatic carbocycles. The van der Waals surface area contributed by atoms with E-state index in [9.17, 15) is 9.18 Å². The number of halogens is 1. The lowest BCUT2D eigenvalue weighted by molar-refractivity contribution is 0.385. The number of methoxy groups -OCH3 is 1. The molecule has 6 heteroatoms. The molecule has 0 aliphatic heterocycles. The zero-order valence-corrected chi connectivity index (χ0v) is 12.2. The van der Waals surface area contributed by atoms with Gasteiger partial charge in [0.15, 0.2) is 17.2 Å². The highest BCUT2D eigenvalue weighted by molar-refractivity contribution is 5.72. The monoisotopic (exact) mass is 299 g/mol. The van der Waals surface area contributed by atoms with E-state index in [4.69, 9.17) is 4.74 Å². The van der Waals surface area contributed by atoms with Gasteiger partial charge in [0.05, 0.1) is 18.5 Å². The lowest BCUT2D eigenvalue weighted by atomic mass is 10.1. The molecule has 3 aromatic rings. The van der Waals surface area contributed by atoms with Gasteiger partial charge in [-0.05, 0) is 36.8 Å². The van der Waals surface area contributed by atoms with Crippen LogP contribution in [0.25, 0.3) is 11.0 Å². The summed E-state index contributed by atoms with van der Waals surface area (Å²) < 4.78 is 20.2. The van der Waals surface area contributed by atoms with Crippen LogP contribution in [0.3, 0.4) is 0 Å². The summed E-state index contributed by atoms with van der Waals surface area (Å²) in [5.41, 5.74) is 0.851. The summed E-state index contributed by atoms with van der Waals surface area (Å²) >= 11 is 0. The molecular formula is C16H14FN3O2. The van der Waals surface area contributed by atoms with Crippen molar-refractivity contribution in [1.82, 2.24) is 14.5 Å². The number of rotatable bonds is 3. The third kappa shape index (κ3) is 2.32. The normalized spacial score (nSPS) is 12.3. The van der Waals surface area contributed by atoms with Gasteiger partial charge in [-0.2, -0.15) is 0 Å². The second-order valence-electron chi connectivity index (χ2n) is 4.90. The van der Waals surface area contributed by atoms with Crippen LogP contribution in [0.4, 0.5) is 4.39 Å². The van der Waals surface area contributed by atoms with Gasteiger partial charge in [0.2, 0.25) is 0 Å². The second kappa shape index (κ2) is 5.55. The smallest absolute Gasteiger partial charge is 0.263 e. The maximum atomic E-state index is 13.8. The first-order valence-electron chi connectivity index (χ1n) is 6.77. The molecule has 112 valence electrons. The Morgan fingerprint density at radius 2 is 2.09 bits per heavy atom. The molecule has 2 aromatic heterocycles. The zero-order chi connectivity index (χ0) is 15.7. The quantitative estimate of drug-likeness (QED) is 0.746. The van der Waals surface area contributed by atoms with Crippen molar-refractivity contribution in [2.45, 2.75) is 13.0 Å². The average molecular weight is 299 g/mol. The van der Waals surface area contributed by atoms with Crippen LogP contribution in [0, 0.1) is 5.82 Å². The topological polar surface area (TPSA) is 57.0 Å². The van der Waals surface area contributed by atoms with Gasteiger partial charge in [-0.25, -0.2) is 14.4 Å². The summed E-state index contributed by atoms with van der Waals surface area (Å²) in [4.78, 5) is 20.7. The Morgan fingerprint density at radius 1 is 1.27 bits per heavy atom. The Morgan fingerprint density at radius 3 is 2.82 bits per heavy atom. The number of nitrogens with zero attached hydrogens (tertiary/aromatic N) is 3. The van der Waals surface area contributed by atoms with Crippen molar-refractivity contribution < 1.29 is 9.13 Å². The summed E-state index contributed by atoms with van der Waals surface area (Å²) in [6.07, 6.45) is 3.02. The Hall–Kier alpha value is -2.76. The van der Waals surface area contributed by atoms with Gasteiger partial charge >= 0.3 is 0 Å². The Labute approximate surface area is 126 Å². The van der Waals surface area contributed by atoms with E-state index in [1.54, 1.807) is 30.5 Å². The fourth-order valence-electron chi connectivity index (χ4n) is 2.35. The highest BCUT2D eigenvalue weighted by Gasteiger charge is 2.14. The van der Waals surface area contributed by atoms with E-state index in [1.807, 2.05) is 6.92 Å². The number of benzene rings is 1. The molecule has 0 saturated carbocycles. The summed E-state index contributed by atoms with van der Waals surface area (Å²) in [5, 5.41) is 0.436. The van der Waals surface area contributed by atoms with Crippen LogP contribution in [0.2, 0.25) is 0 Å².